The highest BCUT2D eigenvalue weighted by atomic mass is 32.1. The molecule has 2 aromatic heterocycles. The van der Waals surface area contributed by atoms with Gasteiger partial charge in [-0.25, -0.2) is 14.8 Å². The maximum absolute atomic E-state index is 11.9. The number of hydrogen-bond donors (Lipinski definition) is 2. The molecule has 2 N–H and O–H groups in total. The molecule has 0 saturated heterocycles. The molecule has 3 aromatic rings. The molecular weight excluding hydrogens is 354 g/mol. The van der Waals surface area contributed by atoms with Gasteiger partial charge in [0.1, 0.15) is 10.8 Å². The number of amides is 2. The lowest BCUT2D eigenvalue weighted by Crippen LogP contribution is -2.38. The number of thiazole rings is 1. The Bertz CT molecular complexity index is 947. The molecule has 0 fully saturated rings. The summed E-state index contributed by atoms with van der Waals surface area (Å²) in [7, 11) is 0. The molecule has 4 rings (SSSR count). The van der Waals surface area contributed by atoms with Crippen molar-refractivity contribution in [3.05, 3.63) is 57.7 Å². The van der Waals surface area contributed by atoms with Gasteiger partial charge in [-0.15, -0.1) is 22.7 Å². The summed E-state index contributed by atoms with van der Waals surface area (Å²) in [6.45, 7) is 1.85. The van der Waals surface area contributed by atoms with E-state index in [4.69, 9.17) is 4.98 Å². The van der Waals surface area contributed by atoms with Crippen molar-refractivity contribution in [1.29, 1.82) is 0 Å². The largest absolute Gasteiger partial charge is 0.508 e. The minimum absolute atomic E-state index is 0.154. The number of rotatable bonds is 3. The topological polar surface area (TPSA) is 74.6 Å². The Hall–Kier alpha value is -2.51. The summed E-state index contributed by atoms with van der Waals surface area (Å²) >= 11 is 3.21. The van der Waals surface area contributed by atoms with Gasteiger partial charge in [-0.05, 0) is 36.1 Å². The zero-order chi connectivity index (χ0) is 17.4. The van der Waals surface area contributed by atoms with Crippen LogP contribution in [0.3, 0.4) is 0 Å². The van der Waals surface area contributed by atoms with Crippen molar-refractivity contribution in [2.45, 2.75) is 18.9 Å². The average Bonchev–Trinajstić information content (AvgIpc) is 3.25. The van der Waals surface area contributed by atoms with E-state index in [1.165, 1.54) is 0 Å². The molecule has 2 amide bonds. The summed E-state index contributed by atoms with van der Waals surface area (Å²) in [4.78, 5) is 21.9. The molecule has 126 valence electrons. The van der Waals surface area contributed by atoms with Crippen LogP contribution in [0.1, 0.15) is 29.5 Å². The maximum Gasteiger partial charge on any atom is 0.341 e. The van der Waals surface area contributed by atoms with E-state index in [2.05, 4.69) is 10.3 Å². The van der Waals surface area contributed by atoms with Crippen LogP contribution in [0.25, 0.3) is 10.6 Å². The molecular formula is C18H15N3O2S2. The molecule has 1 aromatic carbocycles. The van der Waals surface area contributed by atoms with Gasteiger partial charge in [0.25, 0.3) is 0 Å². The summed E-state index contributed by atoms with van der Waals surface area (Å²) in [5.74, 6) is 0.0160. The van der Waals surface area contributed by atoms with Gasteiger partial charge in [0, 0.05) is 11.1 Å². The first-order valence-corrected chi connectivity index (χ1v) is 9.51. The third kappa shape index (κ3) is 3.08. The van der Waals surface area contributed by atoms with Crippen molar-refractivity contribution in [2.75, 3.05) is 0 Å². The van der Waals surface area contributed by atoms with Gasteiger partial charge in [0.2, 0.25) is 0 Å². The van der Waals surface area contributed by atoms with Crippen LogP contribution in [0.4, 0.5) is 4.79 Å². The van der Waals surface area contributed by atoms with Gasteiger partial charge in [-0.1, -0.05) is 18.2 Å². The van der Waals surface area contributed by atoms with Crippen molar-refractivity contribution < 1.29 is 9.90 Å². The number of aliphatic imine (C=N–C) groups is 1. The van der Waals surface area contributed by atoms with Gasteiger partial charge in [-0.2, -0.15) is 0 Å². The number of thiophene rings is 1. The number of aromatic nitrogens is 1. The molecule has 0 radical (unpaired) electrons. The van der Waals surface area contributed by atoms with Gasteiger partial charge in [0.15, 0.2) is 0 Å². The molecule has 0 spiro atoms. The zero-order valence-electron chi connectivity index (χ0n) is 13.3. The van der Waals surface area contributed by atoms with Crippen LogP contribution in [-0.2, 0) is 0 Å². The number of nitrogens with zero attached hydrogens (tertiary/aromatic N) is 2. The van der Waals surface area contributed by atoms with Crippen molar-refractivity contribution in [1.82, 2.24) is 10.3 Å². The van der Waals surface area contributed by atoms with Crippen LogP contribution in [0.15, 0.2) is 52.2 Å². The standard InChI is InChI=1S/C18H15N3O2S2/c1-10-15(17-20-13(9-25-17)14-6-3-7-24-14)16(21-18(23)19-10)11-4-2-5-12(22)8-11/h2-9,15-16,22H,1H3,(H,21,23). The first-order chi connectivity index (χ1) is 12.1. The van der Waals surface area contributed by atoms with E-state index in [0.717, 1.165) is 26.9 Å². The fraction of sp³-hybridized carbons (Fsp3) is 0.167. The van der Waals surface area contributed by atoms with Crippen molar-refractivity contribution in [2.24, 2.45) is 4.99 Å². The molecule has 2 unspecified atom stereocenters. The Kier molecular flexibility index (Phi) is 4.10. The van der Waals surface area contributed by atoms with Gasteiger partial charge < -0.3 is 10.4 Å². The minimum Gasteiger partial charge on any atom is -0.508 e. The third-order valence-corrected chi connectivity index (χ3v) is 5.95. The number of phenols is 1. The summed E-state index contributed by atoms with van der Waals surface area (Å²) in [5, 5.41) is 17.7. The summed E-state index contributed by atoms with van der Waals surface area (Å²) in [6.07, 6.45) is 0. The Morgan fingerprint density at radius 2 is 2.08 bits per heavy atom. The number of nitrogens with one attached hydrogen (secondary N) is 1. The monoisotopic (exact) mass is 369 g/mol. The number of hydrogen-bond acceptors (Lipinski definition) is 5. The molecule has 5 nitrogen and oxygen atoms in total. The highest BCUT2D eigenvalue weighted by Gasteiger charge is 2.35. The van der Waals surface area contributed by atoms with Gasteiger partial charge in [-0.3, -0.25) is 0 Å². The van der Waals surface area contributed by atoms with E-state index >= 15 is 0 Å². The van der Waals surface area contributed by atoms with Crippen LogP contribution < -0.4 is 5.32 Å². The lowest BCUT2D eigenvalue weighted by molar-refractivity contribution is 0.243. The summed E-state index contributed by atoms with van der Waals surface area (Å²) in [6, 6.07) is 10.3. The van der Waals surface area contributed by atoms with E-state index in [1.54, 1.807) is 40.9 Å². The maximum atomic E-state index is 11.9. The van der Waals surface area contributed by atoms with Crippen LogP contribution in [0.5, 0.6) is 5.75 Å². The Balaban J connectivity index is 1.76. The predicted molar refractivity (Wildman–Crippen MR) is 101 cm³/mol. The van der Waals surface area contributed by atoms with E-state index in [-0.39, 0.29) is 23.7 Å². The zero-order valence-corrected chi connectivity index (χ0v) is 15.0. The first kappa shape index (κ1) is 16.0. The Morgan fingerprint density at radius 1 is 1.20 bits per heavy atom. The summed E-state index contributed by atoms with van der Waals surface area (Å²) < 4.78 is 0. The van der Waals surface area contributed by atoms with Crippen LogP contribution in [0, 0.1) is 0 Å². The number of aromatic hydroxyl groups is 1. The molecule has 1 aliphatic rings. The van der Waals surface area contributed by atoms with E-state index in [9.17, 15) is 9.90 Å². The minimum atomic E-state index is -0.364. The molecule has 2 atom stereocenters. The van der Waals surface area contributed by atoms with E-state index < -0.39 is 0 Å². The quantitative estimate of drug-likeness (QED) is 0.709. The van der Waals surface area contributed by atoms with Crippen LogP contribution >= 0.6 is 22.7 Å². The summed E-state index contributed by atoms with van der Waals surface area (Å²) in [5.41, 5.74) is 2.50. The Morgan fingerprint density at radius 3 is 2.84 bits per heavy atom. The first-order valence-electron chi connectivity index (χ1n) is 7.76. The predicted octanol–water partition coefficient (Wildman–Crippen LogP) is 4.59. The lowest BCUT2D eigenvalue weighted by atomic mass is 9.88. The number of carbonyl (C=O) groups is 1. The second-order valence-corrected chi connectivity index (χ2v) is 7.64. The van der Waals surface area contributed by atoms with Crippen molar-refractivity contribution in [3.8, 4) is 16.3 Å². The highest BCUT2D eigenvalue weighted by molar-refractivity contribution is 7.14. The van der Waals surface area contributed by atoms with Gasteiger partial charge >= 0.3 is 6.03 Å². The highest BCUT2D eigenvalue weighted by Crippen LogP contribution is 2.39. The smallest absolute Gasteiger partial charge is 0.341 e. The molecule has 1 aliphatic heterocycles. The fourth-order valence-electron chi connectivity index (χ4n) is 3.00. The van der Waals surface area contributed by atoms with Gasteiger partial charge in [0.05, 0.1) is 22.5 Å². The number of phenolic OH excluding ortho intramolecular Hbond substituents is 1. The van der Waals surface area contributed by atoms with Crippen molar-refractivity contribution in [3.63, 3.8) is 0 Å². The number of urea groups is 1. The second kappa shape index (κ2) is 6.42. The van der Waals surface area contributed by atoms with Crippen LogP contribution in [0.2, 0.25) is 0 Å². The molecule has 0 saturated carbocycles. The van der Waals surface area contributed by atoms with Crippen LogP contribution in [-0.4, -0.2) is 21.8 Å². The van der Waals surface area contributed by atoms with E-state index in [1.807, 2.05) is 35.9 Å². The normalized spacial score (nSPS) is 20.2. The lowest BCUT2D eigenvalue weighted by Gasteiger charge is -2.30. The SMILES string of the molecule is CC1=NC(=O)NC(c2cccc(O)c2)C1c1nc(-c2cccs2)cs1. The molecule has 7 heteroatoms. The number of carbonyl (C=O) groups excluding carboxylic acids is 1. The number of benzene rings is 1. The second-order valence-electron chi connectivity index (χ2n) is 5.80. The fourth-order valence-corrected chi connectivity index (χ4v) is 4.78. The molecule has 25 heavy (non-hydrogen) atoms. The molecule has 3 heterocycles. The Labute approximate surface area is 152 Å². The average molecular weight is 369 g/mol. The molecule has 0 aliphatic carbocycles. The van der Waals surface area contributed by atoms with E-state index in [0.29, 0.717) is 0 Å². The molecule has 0 bridgehead atoms. The third-order valence-electron chi connectivity index (χ3n) is 4.13. The van der Waals surface area contributed by atoms with Crippen molar-refractivity contribution >= 4 is 34.4 Å².